The van der Waals surface area contributed by atoms with Crippen LogP contribution in [0.15, 0.2) is 11.1 Å². The van der Waals surface area contributed by atoms with E-state index in [1.54, 1.807) is 0 Å². The molecule has 0 bridgehead atoms. The Bertz CT molecular complexity index is 770. The van der Waals surface area contributed by atoms with Gasteiger partial charge in [-0.25, -0.2) is 22.4 Å². The Morgan fingerprint density at radius 3 is 1.80 bits per heavy atom. The predicted molar refractivity (Wildman–Crippen MR) is 68.4 cm³/mol. The molecule has 0 heterocycles. The summed E-state index contributed by atoms with van der Waals surface area (Å²) in [7, 11) is 0. The van der Waals surface area contributed by atoms with Crippen molar-refractivity contribution in [2.45, 2.75) is 25.4 Å². The van der Waals surface area contributed by atoms with E-state index < -0.39 is 52.6 Å². The number of alkyl halides is 3. The summed E-state index contributed by atoms with van der Waals surface area (Å²) < 4.78 is 91.8. The lowest BCUT2D eigenvalue weighted by molar-refractivity contribution is -0.143. The van der Waals surface area contributed by atoms with Gasteiger partial charge in [-0.1, -0.05) is 0 Å². The summed E-state index contributed by atoms with van der Waals surface area (Å²) in [6.07, 6.45) is -5.56. The summed E-state index contributed by atoms with van der Waals surface area (Å²) >= 11 is 0. The van der Waals surface area contributed by atoms with E-state index >= 15 is 0 Å². The number of nitrogens with one attached hydrogen (secondary N) is 1. The molecular formula is C14H8F7NO3. The third kappa shape index (κ3) is 3.30. The maximum atomic E-state index is 13.7. The maximum absolute atomic E-state index is 13.7. The van der Waals surface area contributed by atoms with Gasteiger partial charge in [-0.15, -0.1) is 0 Å². The van der Waals surface area contributed by atoms with Crippen LogP contribution in [-0.2, 0) is 15.8 Å². The van der Waals surface area contributed by atoms with Gasteiger partial charge < -0.3 is 10.4 Å². The molecule has 1 aliphatic carbocycles. The van der Waals surface area contributed by atoms with Crippen molar-refractivity contribution in [2.75, 3.05) is 5.32 Å². The van der Waals surface area contributed by atoms with Crippen LogP contribution < -0.4 is 5.32 Å². The van der Waals surface area contributed by atoms with Gasteiger partial charge in [-0.3, -0.25) is 4.79 Å². The first-order chi connectivity index (χ1) is 11.5. The smallest absolute Gasteiger partial charge is 0.422 e. The molecule has 0 aromatic heterocycles. The van der Waals surface area contributed by atoms with Crippen molar-refractivity contribution in [3.8, 4) is 0 Å². The Morgan fingerprint density at radius 2 is 1.36 bits per heavy atom. The van der Waals surface area contributed by atoms with E-state index in [2.05, 4.69) is 0 Å². The highest BCUT2D eigenvalue weighted by Gasteiger charge is 2.42. The Morgan fingerprint density at radius 1 is 0.880 bits per heavy atom. The van der Waals surface area contributed by atoms with Gasteiger partial charge in [0.15, 0.2) is 23.3 Å². The molecule has 2 rings (SSSR count). The molecular weight excluding hydrogens is 363 g/mol. The van der Waals surface area contributed by atoms with E-state index in [1.165, 1.54) is 5.32 Å². The minimum Gasteiger partial charge on any atom is -0.478 e. The van der Waals surface area contributed by atoms with Gasteiger partial charge >= 0.3 is 12.1 Å². The molecule has 4 nitrogen and oxygen atoms in total. The lowest BCUT2D eigenvalue weighted by Crippen LogP contribution is -2.21. The number of anilines is 1. The molecule has 0 saturated heterocycles. The molecule has 0 aliphatic heterocycles. The van der Waals surface area contributed by atoms with Crippen LogP contribution in [0.4, 0.5) is 36.4 Å². The number of benzene rings is 1. The van der Waals surface area contributed by atoms with E-state index in [1.807, 2.05) is 0 Å². The summed E-state index contributed by atoms with van der Waals surface area (Å²) in [5.74, 6) is -13.2. The molecule has 25 heavy (non-hydrogen) atoms. The van der Waals surface area contributed by atoms with E-state index in [9.17, 15) is 40.3 Å². The standard InChI is InChI=1S/C14H8F7NO3/c15-7-6(14(19,20)21)8(16)10(18)11(9(7)17)22-12(23)4-2-1-3-5(4)13(24)25/h1-3H2,(H,22,23)(H,24,25). The fourth-order valence-corrected chi connectivity index (χ4v) is 2.41. The molecule has 2 N–H and O–H groups in total. The van der Waals surface area contributed by atoms with E-state index in [0.717, 1.165) is 0 Å². The third-order valence-corrected chi connectivity index (χ3v) is 3.54. The molecule has 0 atom stereocenters. The minimum atomic E-state index is -5.71. The number of aliphatic carboxylic acids is 1. The fourth-order valence-electron chi connectivity index (χ4n) is 2.41. The number of hydrogen-bond acceptors (Lipinski definition) is 2. The number of hydrogen-bond donors (Lipinski definition) is 2. The van der Waals surface area contributed by atoms with Crippen LogP contribution in [0.2, 0.25) is 0 Å². The summed E-state index contributed by atoms with van der Waals surface area (Å²) in [5, 5.41) is 10.3. The Labute approximate surface area is 134 Å². The van der Waals surface area contributed by atoms with Gasteiger partial charge in [0.05, 0.1) is 0 Å². The number of amides is 1. The number of carboxylic acids is 1. The first-order valence-electron chi connectivity index (χ1n) is 6.66. The van der Waals surface area contributed by atoms with Gasteiger partial charge in [-0.2, -0.15) is 13.2 Å². The lowest BCUT2D eigenvalue weighted by Gasteiger charge is -2.15. The van der Waals surface area contributed by atoms with Crippen molar-refractivity contribution in [3.05, 3.63) is 40.0 Å². The van der Waals surface area contributed by atoms with Crippen LogP contribution in [0.1, 0.15) is 24.8 Å². The van der Waals surface area contributed by atoms with Gasteiger partial charge in [-0.05, 0) is 19.3 Å². The van der Waals surface area contributed by atoms with E-state index in [0.29, 0.717) is 0 Å². The average molecular weight is 371 g/mol. The molecule has 0 saturated carbocycles. The molecule has 0 fully saturated rings. The first kappa shape index (κ1) is 18.7. The molecule has 1 aromatic rings. The molecule has 136 valence electrons. The van der Waals surface area contributed by atoms with E-state index in [4.69, 9.17) is 5.11 Å². The third-order valence-electron chi connectivity index (χ3n) is 3.54. The van der Waals surface area contributed by atoms with Crippen LogP contribution in [0.5, 0.6) is 0 Å². The number of rotatable bonds is 3. The monoisotopic (exact) mass is 371 g/mol. The number of halogens is 7. The minimum absolute atomic E-state index is 0.0151. The zero-order valence-electron chi connectivity index (χ0n) is 12.0. The predicted octanol–water partition coefficient (Wildman–Crippen LogP) is 3.77. The van der Waals surface area contributed by atoms with Crippen molar-refractivity contribution >= 4 is 17.6 Å². The van der Waals surface area contributed by atoms with Crippen molar-refractivity contribution in [3.63, 3.8) is 0 Å². The summed E-state index contributed by atoms with van der Waals surface area (Å²) in [6.45, 7) is 0. The largest absolute Gasteiger partial charge is 0.478 e. The Hall–Kier alpha value is -2.59. The first-order valence-corrected chi connectivity index (χ1v) is 6.66. The lowest BCUT2D eigenvalue weighted by atomic mass is 10.1. The average Bonchev–Trinajstić information content (AvgIpc) is 2.98. The van der Waals surface area contributed by atoms with Crippen molar-refractivity contribution < 1.29 is 45.4 Å². The maximum Gasteiger partial charge on any atom is 0.422 e. The van der Waals surface area contributed by atoms with Gasteiger partial charge in [0, 0.05) is 11.1 Å². The van der Waals surface area contributed by atoms with Crippen molar-refractivity contribution in [1.29, 1.82) is 0 Å². The second-order valence-electron chi connectivity index (χ2n) is 5.07. The number of carbonyl (C=O) groups is 2. The SMILES string of the molecule is O=C(O)C1=C(C(=O)Nc2c(F)c(F)c(C(F)(F)F)c(F)c2F)CCC1. The summed E-state index contributed by atoms with van der Waals surface area (Å²) in [5.41, 5.74) is -5.28. The molecule has 0 unspecified atom stereocenters. The summed E-state index contributed by atoms with van der Waals surface area (Å²) in [4.78, 5) is 22.8. The molecule has 1 aromatic carbocycles. The van der Waals surface area contributed by atoms with Gasteiger partial charge in [0.1, 0.15) is 11.3 Å². The van der Waals surface area contributed by atoms with Gasteiger partial charge in [0.25, 0.3) is 5.91 Å². The van der Waals surface area contributed by atoms with Crippen LogP contribution >= 0.6 is 0 Å². The van der Waals surface area contributed by atoms with Crippen LogP contribution in [-0.4, -0.2) is 17.0 Å². The molecule has 1 aliphatic rings. The number of carbonyl (C=O) groups excluding carboxylic acids is 1. The van der Waals surface area contributed by atoms with Crippen LogP contribution in [0, 0.1) is 23.3 Å². The zero-order chi connectivity index (χ0) is 19.1. The Kier molecular flexibility index (Phi) is 4.78. The molecule has 0 radical (unpaired) electrons. The van der Waals surface area contributed by atoms with Crippen LogP contribution in [0.25, 0.3) is 0 Å². The fraction of sp³-hybridized carbons (Fsp3) is 0.286. The highest BCUT2D eigenvalue weighted by molar-refractivity contribution is 6.09. The van der Waals surface area contributed by atoms with Crippen LogP contribution in [0.3, 0.4) is 0 Å². The topological polar surface area (TPSA) is 66.4 Å². The van der Waals surface area contributed by atoms with E-state index in [-0.39, 0.29) is 30.4 Å². The quantitative estimate of drug-likeness (QED) is 0.628. The molecule has 1 amide bonds. The Balaban J connectivity index is 2.50. The normalized spacial score (nSPS) is 14.8. The highest BCUT2D eigenvalue weighted by atomic mass is 19.4. The van der Waals surface area contributed by atoms with Gasteiger partial charge in [0.2, 0.25) is 0 Å². The van der Waals surface area contributed by atoms with Crippen molar-refractivity contribution in [1.82, 2.24) is 0 Å². The highest BCUT2D eigenvalue weighted by Crippen LogP contribution is 2.38. The molecule has 11 heteroatoms. The summed E-state index contributed by atoms with van der Waals surface area (Å²) in [6, 6.07) is 0. The second kappa shape index (κ2) is 6.37. The zero-order valence-corrected chi connectivity index (χ0v) is 12.0. The van der Waals surface area contributed by atoms with Crippen molar-refractivity contribution in [2.24, 2.45) is 0 Å². The second-order valence-corrected chi connectivity index (χ2v) is 5.07. The number of carboxylic acid groups (broad SMARTS) is 1. The molecule has 0 spiro atoms.